The van der Waals surface area contributed by atoms with Gasteiger partial charge in [-0.15, -0.1) is 11.3 Å². The number of amides is 3. The van der Waals surface area contributed by atoms with Gasteiger partial charge in [-0.05, 0) is 19.3 Å². The monoisotopic (exact) mass is 324 g/mol. The molecule has 22 heavy (non-hydrogen) atoms. The number of carbonyl (C=O) groups is 2. The summed E-state index contributed by atoms with van der Waals surface area (Å²) in [5.74, 6) is 0.289. The molecule has 1 atom stereocenters. The predicted molar refractivity (Wildman–Crippen MR) is 86.6 cm³/mol. The first kappa shape index (κ1) is 16.7. The number of carbonyl (C=O) groups excluding carboxylic acids is 2. The van der Waals surface area contributed by atoms with E-state index in [9.17, 15) is 9.59 Å². The van der Waals surface area contributed by atoms with Crippen LogP contribution in [0.3, 0.4) is 0 Å². The Morgan fingerprint density at radius 2 is 2.05 bits per heavy atom. The number of aromatic nitrogens is 1. The van der Waals surface area contributed by atoms with E-state index in [1.165, 1.54) is 11.3 Å². The van der Waals surface area contributed by atoms with Gasteiger partial charge in [0.25, 0.3) is 0 Å². The van der Waals surface area contributed by atoms with Crippen molar-refractivity contribution < 1.29 is 9.59 Å². The zero-order chi connectivity index (χ0) is 15.8. The van der Waals surface area contributed by atoms with Crippen molar-refractivity contribution in [1.29, 1.82) is 0 Å². The lowest BCUT2D eigenvalue weighted by atomic mass is 10.1. The molecule has 6 nitrogen and oxygen atoms in total. The van der Waals surface area contributed by atoms with Gasteiger partial charge >= 0.3 is 6.03 Å². The number of rotatable bonds is 7. The van der Waals surface area contributed by atoms with Crippen LogP contribution in [0, 0.1) is 5.92 Å². The van der Waals surface area contributed by atoms with E-state index in [2.05, 4.69) is 20.9 Å². The van der Waals surface area contributed by atoms with Crippen molar-refractivity contribution in [3.63, 3.8) is 0 Å². The van der Waals surface area contributed by atoms with E-state index in [0.717, 1.165) is 37.1 Å². The molecule has 7 heteroatoms. The minimum atomic E-state index is -0.225. The largest absolute Gasteiger partial charge is 0.354 e. The molecule has 2 rings (SSSR count). The standard InChI is InChI=1S/C15H24N4O2S/c1-2-12(14-17-9-10-22-14)19-15(21)18-8-7-16-13(20)11-5-3-4-6-11/h9-12H,2-8H2,1H3,(H,16,20)(H2,18,19,21)/t12-/m1/s1. The molecular weight excluding hydrogens is 300 g/mol. The average molecular weight is 324 g/mol. The number of hydrogen-bond donors (Lipinski definition) is 3. The van der Waals surface area contributed by atoms with Crippen LogP contribution in [0.15, 0.2) is 11.6 Å². The molecule has 0 spiro atoms. The number of thiazole rings is 1. The first-order chi connectivity index (χ1) is 10.7. The zero-order valence-electron chi connectivity index (χ0n) is 12.9. The Morgan fingerprint density at radius 3 is 2.68 bits per heavy atom. The highest BCUT2D eigenvalue weighted by Gasteiger charge is 2.22. The fraction of sp³-hybridized carbons (Fsp3) is 0.667. The van der Waals surface area contributed by atoms with E-state index in [-0.39, 0.29) is 23.9 Å². The Bertz CT molecular complexity index is 472. The third kappa shape index (κ3) is 4.98. The van der Waals surface area contributed by atoms with Gasteiger partial charge in [0.1, 0.15) is 5.01 Å². The van der Waals surface area contributed by atoms with Crippen molar-refractivity contribution in [2.75, 3.05) is 13.1 Å². The molecular formula is C15H24N4O2S. The maximum atomic E-state index is 11.9. The lowest BCUT2D eigenvalue weighted by molar-refractivity contribution is -0.124. The molecule has 1 fully saturated rings. The van der Waals surface area contributed by atoms with Crippen LogP contribution in [0.5, 0.6) is 0 Å². The summed E-state index contributed by atoms with van der Waals surface area (Å²) >= 11 is 1.53. The van der Waals surface area contributed by atoms with Crippen LogP contribution in [0.2, 0.25) is 0 Å². The van der Waals surface area contributed by atoms with Gasteiger partial charge in [0.2, 0.25) is 5.91 Å². The summed E-state index contributed by atoms with van der Waals surface area (Å²) in [6, 6.07) is -0.287. The van der Waals surface area contributed by atoms with Gasteiger partial charge in [-0.1, -0.05) is 19.8 Å². The lowest BCUT2D eigenvalue weighted by Crippen LogP contribution is -2.42. The highest BCUT2D eigenvalue weighted by molar-refractivity contribution is 7.09. The van der Waals surface area contributed by atoms with Gasteiger partial charge in [-0.25, -0.2) is 9.78 Å². The topological polar surface area (TPSA) is 83.1 Å². The zero-order valence-corrected chi connectivity index (χ0v) is 13.7. The highest BCUT2D eigenvalue weighted by atomic mass is 32.1. The summed E-state index contributed by atoms with van der Waals surface area (Å²) in [6.07, 6.45) is 6.81. The van der Waals surface area contributed by atoms with Crippen LogP contribution in [0.25, 0.3) is 0 Å². The maximum absolute atomic E-state index is 11.9. The third-order valence-corrected chi connectivity index (χ3v) is 4.79. The molecule has 122 valence electrons. The SMILES string of the molecule is CC[C@@H](NC(=O)NCCNC(=O)C1CCCC1)c1nccs1. The summed E-state index contributed by atoms with van der Waals surface area (Å²) < 4.78 is 0. The molecule has 0 saturated heterocycles. The molecule has 3 amide bonds. The van der Waals surface area contributed by atoms with Gasteiger partial charge in [0.05, 0.1) is 6.04 Å². The molecule has 1 saturated carbocycles. The lowest BCUT2D eigenvalue weighted by Gasteiger charge is -2.15. The number of urea groups is 1. The van der Waals surface area contributed by atoms with E-state index >= 15 is 0 Å². The van der Waals surface area contributed by atoms with E-state index in [4.69, 9.17) is 0 Å². The highest BCUT2D eigenvalue weighted by Crippen LogP contribution is 2.24. The van der Waals surface area contributed by atoms with Crippen molar-refractivity contribution in [2.45, 2.75) is 45.1 Å². The van der Waals surface area contributed by atoms with Crippen LogP contribution < -0.4 is 16.0 Å². The predicted octanol–water partition coefficient (Wildman–Crippen LogP) is 2.20. The van der Waals surface area contributed by atoms with Gasteiger partial charge in [0.15, 0.2) is 0 Å². The van der Waals surface area contributed by atoms with E-state index < -0.39 is 0 Å². The second-order valence-corrected chi connectivity index (χ2v) is 6.43. The first-order valence-electron chi connectivity index (χ1n) is 7.92. The second kappa shape index (κ2) is 8.73. The number of nitrogens with zero attached hydrogens (tertiary/aromatic N) is 1. The van der Waals surface area contributed by atoms with Crippen molar-refractivity contribution >= 4 is 23.3 Å². The van der Waals surface area contributed by atoms with Gasteiger partial charge in [0, 0.05) is 30.6 Å². The summed E-state index contributed by atoms with van der Waals surface area (Å²) in [7, 11) is 0. The van der Waals surface area contributed by atoms with Crippen molar-refractivity contribution in [3.8, 4) is 0 Å². The Hall–Kier alpha value is -1.63. The molecule has 1 aliphatic rings. The van der Waals surface area contributed by atoms with Gasteiger partial charge < -0.3 is 16.0 Å². The molecule has 1 aromatic heterocycles. The average Bonchev–Trinajstić information content (AvgIpc) is 3.21. The van der Waals surface area contributed by atoms with Gasteiger partial charge in [-0.3, -0.25) is 4.79 Å². The second-order valence-electron chi connectivity index (χ2n) is 5.50. The van der Waals surface area contributed by atoms with Crippen LogP contribution in [0.1, 0.15) is 50.1 Å². The molecule has 0 radical (unpaired) electrons. The summed E-state index contributed by atoms with van der Waals surface area (Å²) in [5.41, 5.74) is 0. The fourth-order valence-corrected chi connectivity index (χ4v) is 3.42. The molecule has 0 aromatic carbocycles. The molecule has 0 unspecified atom stereocenters. The molecule has 0 bridgehead atoms. The van der Waals surface area contributed by atoms with Crippen LogP contribution in [-0.4, -0.2) is 30.0 Å². The number of hydrogen-bond acceptors (Lipinski definition) is 4. The van der Waals surface area contributed by atoms with Crippen molar-refractivity contribution in [1.82, 2.24) is 20.9 Å². The Balaban J connectivity index is 1.62. The van der Waals surface area contributed by atoms with E-state index in [1.807, 2.05) is 12.3 Å². The number of nitrogens with one attached hydrogen (secondary N) is 3. The quantitative estimate of drug-likeness (QED) is 0.672. The smallest absolute Gasteiger partial charge is 0.315 e. The maximum Gasteiger partial charge on any atom is 0.315 e. The molecule has 1 heterocycles. The fourth-order valence-electron chi connectivity index (χ4n) is 2.65. The molecule has 0 aliphatic heterocycles. The third-order valence-electron chi connectivity index (χ3n) is 3.90. The molecule has 1 aliphatic carbocycles. The van der Waals surface area contributed by atoms with Crippen LogP contribution >= 0.6 is 11.3 Å². The van der Waals surface area contributed by atoms with Crippen molar-refractivity contribution in [2.24, 2.45) is 5.92 Å². The van der Waals surface area contributed by atoms with Crippen molar-refractivity contribution in [3.05, 3.63) is 16.6 Å². The van der Waals surface area contributed by atoms with Crippen LogP contribution in [0.4, 0.5) is 4.79 Å². The Labute approximate surface area is 135 Å². The van der Waals surface area contributed by atoms with Crippen LogP contribution in [-0.2, 0) is 4.79 Å². The van der Waals surface area contributed by atoms with Gasteiger partial charge in [-0.2, -0.15) is 0 Å². The Morgan fingerprint density at radius 1 is 1.32 bits per heavy atom. The summed E-state index contributed by atoms with van der Waals surface area (Å²) in [6.45, 7) is 2.91. The van der Waals surface area contributed by atoms with E-state index in [1.54, 1.807) is 6.20 Å². The first-order valence-corrected chi connectivity index (χ1v) is 8.80. The molecule has 3 N–H and O–H groups in total. The van der Waals surface area contributed by atoms with E-state index in [0.29, 0.717) is 13.1 Å². The minimum absolute atomic E-state index is 0.0620. The summed E-state index contributed by atoms with van der Waals surface area (Å²) in [4.78, 5) is 27.9. The normalized spacial score (nSPS) is 16.2. The Kier molecular flexibility index (Phi) is 6.64. The summed E-state index contributed by atoms with van der Waals surface area (Å²) in [5, 5.41) is 11.4. The molecule has 1 aromatic rings. The minimum Gasteiger partial charge on any atom is -0.354 e.